The summed E-state index contributed by atoms with van der Waals surface area (Å²) >= 11 is 0. The molecule has 0 aliphatic carbocycles. The maximum atomic E-state index is 12.5. The minimum absolute atomic E-state index is 0.183. The monoisotopic (exact) mass is 260 g/mol. The van der Waals surface area contributed by atoms with E-state index in [1.54, 1.807) is 0 Å². The molecule has 19 heavy (non-hydrogen) atoms. The Morgan fingerprint density at radius 3 is 2.84 bits per heavy atom. The Labute approximate surface area is 115 Å². The minimum Gasteiger partial charge on any atom is -0.351 e. The number of nitrogens with one attached hydrogen (secondary N) is 2. The van der Waals surface area contributed by atoms with E-state index in [1.807, 2.05) is 12.1 Å². The summed E-state index contributed by atoms with van der Waals surface area (Å²) in [6, 6.07) is 8.21. The van der Waals surface area contributed by atoms with Gasteiger partial charge in [-0.2, -0.15) is 0 Å². The Balaban J connectivity index is 1.98. The Morgan fingerprint density at radius 2 is 2.21 bits per heavy atom. The fraction of sp³-hybridized carbons (Fsp3) is 0.562. The number of carbonyl (C=O) groups excluding carboxylic acids is 1. The first kappa shape index (κ1) is 14.1. The van der Waals surface area contributed by atoms with Crippen LogP contribution in [0.2, 0.25) is 0 Å². The molecule has 0 aromatic heterocycles. The fourth-order valence-electron chi connectivity index (χ4n) is 2.91. The third-order valence-electron chi connectivity index (χ3n) is 4.15. The number of hydrogen-bond donors (Lipinski definition) is 2. The second-order valence-corrected chi connectivity index (χ2v) is 5.57. The van der Waals surface area contributed by atoms with Gasteiger partial charge in [0.25, 0.3) is 0 Å². The van der Waals surface area contributed by atoms with E-state index >= 15 is 0 Å². The zero-order valence-corrected chi connectivity index (χ0v) is 12.0. The largest absolute Gasteiger partial charge is 0.351 e. The van der Waals surface area contributed by atoms with Gasteiger partial charge in [-0.25, -0.2) is 0 Å². The van der Waals surface area contributed by atoms with E-state index in [1.165, 1.54) is 11.1 Å². The molecule has 1 aliphatic heterocycles. The predicted molar refractivity (Wildman–Crippen MR) is 77.9 cm³/mol. The lowest BCUT2D eigenvalue weighted by Gasteiger charge is -2.26. The number of carbonyl (C=O) groups is 1. The summed E-state index contributed by atoms with van der Waals surface area (Å²) in [6.45, 7) is 6.64. The standard InChI is InChI=1S/C16H24N2O/c1-3-8-16(9-10-17-12-16)15(19)18-11-14-7-5-4-6-13(14)2/h4-7,17H,3,8-12H2,1-2H3,(H,18,19). The lowest BCUT2D eigenvalue weighted by molar-refractivity contribution is -0.130. The zero-order valence-electron chi connectivity index (χ0n) is 12.0. The first-order valence-electron chi connectivity index (χ1n) is 7.21. The van der Waals surface area contributed by atoms with Crippen LogP contribution in [0.25, 0.3) is 0 Å². The second kappa shape index (κ2) is 6.20. The average molecular weight is 260 g/mol. The quantitative estimate of drug-likeness (QED) is 0.853. The zero-order chi connectivity index (χ0) is 13.7. The number of rotatable bonds is 5. The highest BCUT2D eigenvalue weighted by molar-refractivity contribution is 5.83. The van der Waals surface area contributed by atoms with Crippen LogP contribution in [0.1, 0.15) is 37.3 Å². The van der Waals surface area contributed by atoms with Crippen molar-refractivity contribution >= 4 is 5.91 Å². The predicted octanol–water partition coefficient (Wildman–Crippen LogP) is 2.39. The van der Waals surface area contributed by atoms with Gasteiger partial charge >= 0.3 is 0 Å². The van der Waals surface area contributed by atoms with E-state index in [0.29, 0.717) is 6.54 Å². The van der Waals surface area contributed by atoms with Gasteiger partial charge in [0.05, 0.1) is 5.41 Å². The molecule has 2 rings (SSSR count). The van der Waals surface area contributed by atoms with Crippen molar-refractivity contribution < 1.29 is 4.79 Å². The molecule has 1 aromatic carbocycles. The molecule has 3 heteroatoms. The van der Waals surface area contributed by atoms with E-state index in [9.17, 15) is 4.79 Å². The van der Waals surface area contributed by atoms with Gasteiger partial charge in [0.1, 0.15) is 0 Å². The molecule has 1 atom stereocenters. The summed E-state index contributed by atoms with van der Waals surface area (Å²) in [5, 5.41) is 6.46. The van der Waals surface area contributed by atoms with Crippen LogP contribution < -0.4 is 10.6 Å². The molecule has 0 bridgehead atoms. The van der Waals surface area contributed by atoms with Gasteiger partial charge in [-0.15, -0.1) is 0 Å². The molecule has 0 radical (unpaired) electrons. The highest BCUT2D eigenvalue weighted by atomic mass is 16.2. The Kier molecular flexibility index (Phi) is 4.59. The van der Waals surface area contributed by atoms with Crippen LogP contribution in [0.5, 0.6) is 0 Å². The topological polar surface area (TPSA) is 41.1 Å². The van der Waals surface area contributed by atoms with Crippen molar-refractivity contribution in [3.8, 4) is 0 Å². The Morgan fingerprint density at radius 1 is 1.42 bits per heavy atom. The lowest BCUT2D eigenvalue weighted by atomic mass is 9.81. The van der Waals surface area contributed by atoms with Crippen LogP contribution >= 0.6 is 0 Å². The maximum Gasteiger partial charge on any atom is 0.227 e. The second-order valence-electron chi connectivity index (χ2n) is 5.57. The van der Waals surface area contributed by atoms with Crippen molar-refractivity contribution in [2.45, 2.75) is 39.7 Å². The van der Waals surface area contributed by atoms with Crippen molar-refractivity contribution in [2.75, 3.05) is 13.1 Å². The van der Waals surface area contributed by atoms with Gasteiger partial charge in [-0.1, -0.05) is 37.6 Å². The van der Waals surface area contributed by atoms with Crippen LogP contribution in [0.15, 0.2) is 24.3 Å². The van der Waals surface area contributed by atoms with E-state index in [0.717, 1.165) is 32.4 Å². The number of aryl methyl sites for hydroxylation is 1. The van der Waals surface area contributed by atoms with Crippen LogP contribution in [-0.4, -0.2) is 19.0 Å². The van der Waals surface area contributed by atoms with Gasteiger partial charge in [-0.3, -0.25) is 4.79 Å². The van der Waals surface area contributed by atoms with Gasteiger partial charge < -0.3 is 10.6 Å². The summed E-state index contributed by atoms with van der Waals surface area (Å²) in [5.41, 5.74) is 2.25. The maximum absolute atomic E-state index is 12.5. The normalized spacial score (nSPS) is 22.4. The third-order valence-corrected chi connectivity index (χ3v) is 4.15. The molecule has 0 saturated carbocycles. The van der Waals surface area contributed by atoms with Gasteiger partial charge in [-0.05, 0) is 37.4 Å². The van der Waals surface area contributed by atoms with Crippen LogP contribution in [0.3, 0.4) is 0 Å². The molecule has 1 heterocycles. The van der Waals surface area contributed by atoms with E-state index in [-0.39, 0.29) is 11.3 Å². The van der Waals surface area contributed by atoms with Crippen LogP contribution in [0.4, 0.5) is 0 Å². The summed E-state index contributed by atoms with van der Waals surface area (Å²) < 4.78 is 0. The molecule has 1 unspecified atom stereocenters. The summed E-state index contributed by atoms with van der Waals surface area (Å²) in [7, 11) is 0. The molecule has 1 amide bonds. The van der Waals surface area contributed by atoms with Crippen molar-refractivity contribution in [1.82, 2.24) is 10.6 Å². The number of hydrogen-bond acceptors (Lipinski definition) is 2. The number of benzene rings is 1. The summed E-state index contributed by atoms with van der Waals surface area (Å²) in [6.07, 6.45) is 2.99. The molecule has 3 nitrogen and oxygen atoms in total. The van der Waals surface area contributed by atoms with Crippen molar-refractivity contribution in [1.29, 1.82) is 0 Å². The molecule has 1 saturated heterocycles. The highest BCUT2D eigenvalue weighted by Crippen LogP contribution is 2.31. The molecular formula is C16H24N2O. The van der Waals surface area contributed by atoms with Crippen molar-refractivity contribution in [2.24, 2.45) is 5.41 Å². The van der Waals surface area contributed by atoms with Crippen molar-refractivity contribution in [3.05, 3.63) is 35.4 Å². The van der Waals surface area contributed by atoms with E-state index < -0.39 is 0 Å². The smallest absolute Gasteiger partial charge is 0.227 e. The molecule has 1 fully saturated rings. The highest BCUT2D eigenvalue weighted by Gasteiger charge is 2.39. The first-order chi connectivity index (χ1) is 9.18. The fourth-order valence-corrected chi connectivity index (χ4v) is 2.91. The third kappa shape index (κ3) is 3.16. The van der Waals surface area contributed by atoms with Gasteiger partial charge in [0.15, 0.2) is 0 Å². The molecule has 1 aromatic rings. The Bertz CT molecular complexity index is 436. The van der Waals surface area contributed by atoms with Crippen molar-refractivity contribution in [3.63, 3.8) is 0 Å². The number of amides is 1. The van der Waals surface area contributed by atoms with E-state index in [2.05, 4.69) is 36.6 Å². The average Bonchev–Trinajstić information content (AvgIpc) is 2.88. The minimum atomic E-state index is -0.183. The Hall–Kier alpha value is -1.35. The van der Waals surface area contributed by atoms with Crippen LogP contribution in [0, 0.1) is 12.3 Å². The molecule has 2 N–H and O–H groups in total. The summed E-state index contributed by atoms with van der Waals surface area (Å²) in [4.78, 5) is 12.5. The van der Waals surface area contributed by atoms with Crippen LogP contribution in [-0.2, 0) is 11.3 Å². The van der Waals surface area contributed by atoms with Gasteiger partial charge in [0.2, 0.25) is 5.91 Å². The molecule has 104 valence electrons. The van der Waals surface area contributed by atoms with E-state index in [4.69, 9.17) is 0 Å². The summed E-state index contributed by atoms with van der Waals surface area (Å²) in [5.74, 6) is 0.211. The molecular weight excluding hydrogens is 236 g/mol. The molecule has 0 spiro atoms. The van der Waals surface area contributed by atoms with Gasteiger partial charge in [0, 0.05) is 13.1 Å². The lowest BCUT2D eigenvalue weighted by Crippen LogP contribution is -2.42. The first-order valence-corrected chi connectivity index (χ1v) is 7.21. The molecule has 1 aliphatic rings. The SMILES string of the molecule is CCCC1(C(=O)NCc2ccccc2C)CCNC1.